The number of carbonyl (C=O) groups is 2. The molecule has 0 atom stereocenters. The van der Waals surface area contributed by atoms with Gasteiger partial charge in [0.05, 0.1) is 6.42 Å². The zero-order valence-corrected chi connectivity index (χ0v) is 12.6. The molecule has 2 N–H and O–H groups in total. The van der Waals surface area contributed by atoms with E-state index < -0.39 is 11.8 Å². The summed E-state index contributed by atoms with van der Waals surface area (Å²) in [4.78, 5) is 23.3. The minimum absolute atomic E-state index is 0.00987. The fraction of sp³-hybridized carbons (Fsp3) is 0.111. The molecule has 122 valence electrons. The highest BCUT2D eigenvalue weighted by molar-refractivity contribution is 5.95. The zero-order valence-electron chi connectivity index (χ0n) is 12.6. The lowest BCUT2D eigenvalue weighted by Gasteiger charge is -2.05. The first-order chi connectivity index (χ1) is 11.5. The van der Waals surface area contributed by atoms with Crippen LogP contribution in [-0.4, -0.2) is 17.0 Å². The molecular weight excluding hydrogens is 313 g/mol. The molecule has 0 aliphatic carbocycles. The van der Waals surface area contributed by atoms with Crippen LogP contribution >= 0.6 is 0 Å². The predicted molar refractivity (Wildman–Crippen MR) is 85.1 cm³/mol. The summed E-state index contributed by atoms with van der Waals surface area (Å²) in [6, 6.07) is 12.7. The third-order valence-corrected chi connectivity index (χ3v) is 3.61. The monoisotopic (exact) mass is 327 g/mol. The Bertz CT molecular complexity index is 916. The first kappa shape index (κ1) is 15.7. The number of para-hydroxylation sites is 1. The number of benzene rings is 2. The summed E-state index contributed by atoms with van der Waals surface area (Å²) < 4.78 is 18.5. The van der Waals surface area contributed by atoms with E-state index in [0.717, 1.165) is 0 Å². The maximum absolute atomic E-state index is 13.1. The Labute approximate surface area is 136 Å². The van der Waals surface area contributed by atoms with Crippen LogP contribution in [0.1, 0.15) is 21.7 Å². The van der Waals surface area contributed by atoms with Gasteiger partial charge in [-0.3, -0.25) is 4.79 Å². The summed E-state index contributed by atoms with van der Waals surface area (Å²) in [6.07, 6.45) is 0.00987. The van der Waals surface area contributed by atoms with E-state index in [1.807, 2.05) is 0 Å². The Balaban J connectivity index is 1.76. The summed E-state index contributed by atoms with van der Waals surface area (Å²) in [5.74, 6) is -2.13. The molecule has 2 aromatic carbocycles. The molecule has 24 heavy (non-hydrogen) atoms. The lowest BCUT2D eigenvalue weighted by Crippen LogP contribution is -2.25. The maximum Gasteiger partial charge on any atom is 0.372 e. The van der Waals surface area contributed by atoms with Gasteiger partial charge in [-0.05, 0) is 23.8 Å². The fourth-order valence-corrected chi connectivity index (χ4v) is 2.53. The lowest BCUT2D eigenvalue weighted by atomic mass is 10.1. The van der Waals surface area contributed by atoms with Crippen molar-refractivity contribution in [3.05, 3.63) is 71.2 Å². The van der Waals surface area contributed by atoms with Gasteiger partial charge in [-0.25, -0.2) is 9.18 Å². The number of carboxylic acids is 1. The van der Waals surface area contributed by atoms with E-state index in [4.69, 9.17) is 4.42 Å². The van der Waals surface area contributed by atoms with Crippen LogP contribution in [0.4, 0.5) is 4.39 Å². The Kier molecular flexibility index (Phi) is 4.29. The van der Waals surface area contributed by atoms with Gasteiger partial charge in [-0.2, -0.15) is 0 Å². The van der Waals surface area contributed by atoms with Crippen molar-refractivity contribution >= 4 is 22.8 Å². The molecule has 1 aromatic heterocycles. The van der Waals surface area contributed by atoms with E-state index in [-0.39, 0.29) is 24.6 Å². The number of rotatable bonds is 5. The van der Waals surface area contributed by atoms with E-state index in [2.05, 4.69) is 5.32 Å². The van der Waals surface area contributed by atoms with Crippen molar-refractivity contribution in [3.63, 3.8) is 0 Å². The van der Waals surface area contributed by atoms with Gasteiger partial charge in [0.2, 0.25) is 11.7 Å². The number of hydrogen-bond donors (Lipinski definition) is 2. The summed E-state index contributed by atoms with van der Waals surface area (Å²) in [5, 5.41) is 12.5. The van der Waals surface area contributed by atoms with Crippen LogP contribution in [0.3, 0.4) is 0 Å². The second-order valence-electron chi connectivity index (χ2n) is 5.29. The normalized spacial score (nSPS) is 10.7. The van der Waals surface area contributed by atoms with Gasteiger partial charge < -0.3 is 14.8 Å². The molecule has 0 radical (unpaired) electrons. The average molecular weight is 327 g/mol. The van der Waals surface area contributed by atoms with E-state index >= 15 is 0 Å². The summed E-state index contributed by atoms with van der Waals surface area (Å²) in [6.45, 7) is 0.0206. The van der Waals surface area contributed by atoms with Gasteiger partial charge in [0, 0.05) is 17.5 Å². The molecule has 0 saturated carbocycles. The number of carbonyl (C=O) groups excluding carboxylic acids is 1. The molecule has 0 spiro atoms. The lowest BCUT2D eigenvalue weighted by molar-refractivity contribution is -0.120. The summed E-state index contributed by atoms with van der Waals surface area (Å²) in [5.41, 5.74) is 1.40. The zero-order chi connectivity index (χ0) is 17.1. The number of halogens is 1. The van der Waals surface area contributed by atoms with Crippen molar-refractivity contribution in [1.82, 2.24) is 5.32 Å². The molecule has 0 bridgehead atoms. The van der Waals surface area contributed by atoms with Crippen molar-refractivity contribution in [2.75, 3.05) is 0 Å². The molecule has 0 aliphatic rings. The minimum atomic E-state index is -1.19. The Morgan fingerprint density at radius 2 is 1.92 bits per heavy atom. The van der Waals surface area contributed by atoms with Crippen molar-refractivity contribution in [2.24, 2.45) is 0 Å². The van der Waals surface area contributed by atoms with Gasteiger partial charge >= 0.3 is 5.97 Å². The van der Waals surface area contributed by atoms with Gasteiger partial charge in [-0.1, -0.05) is 30.3 Å². The molecule has 3 rings (SSSR count). The summed E-state index contributed by atoms with van der Waals surface area (Å²) >= 11 is 0. The highest BCUT2D eigenvalue weighted by atomic mass is 19.1. The van der Waals surface area contributed by atoms with Gasteiger partial charge in [0.1, 0.15) is 11.4 Å². The summed E-state index contributed by atoms with van der Waals surface area (Å²) in [7, 11) is 0. The number of amides is 1. The van der Waals surface area contributed by atoms with Crippen molar-refractivity contribution in [3.8, 4) is 0 Å². The van der Waals surface area contributed by atoms with Crippen molar-refractivity contribution in [2.45, 2.75) is 13.0 Å². The van der Waals surface area contributed by atoms with Gasteiger partial charge in [0.15, 0.2) is 0 Å². The highest BCUT2D eigenvalue weighted by Crippen LogP contribution is 2.25. The van der Waals surface area contributed by atoms with Crippen LogP contribution in [-0.2, 0) is 17.8 Å². The third kappa shape index (κ3) is 3.27. The van der Waals surface area contributed by atoms with Crippen LogP contribution in [0, 0.1) is 5.82 Å². The smallest absolute Gasteiger partial charge is 0.372 e. The van der Waals surface area contributed by atoms with Crippen LogP contribution in [0.2, 0.25) is 0 Å². The Hall–Kier alpha value is -3.15. The topological polar surface area (TPSA) is 79.5 Å². The quantitative estimate of drug-likeness (QED) is 0.754. The predicted octanol–water partition coefficient (Wildman–Crippen LogP) is 3.13. The molecule has 0 aliphatic heterocycles. The highest BCUT2D eigenvalue weighted by Gasteiger charge is 2.20. The van der Waals surface area contributed by atoms with Crippen LogP contribution in [0.5, 0.6) is 0 Å². The molecule has 1 amide bonds. The molecule has 6 heteroatoms. The molecule has 5 nitrogen and oxygen atoms in total. The number of nitrogens with one attached hydrogen (secondary N) is 1. The SMILES string of the molecule is O=C(Cc1cccc(F)c1)NCc1c(C(=O)O)oc2ccccc12. The second kappa shape index (κ2) is 6.54. The number of furan rings is 1. The number of fused-ring (bicyclic) bond motifs is 1. The molecule has 1 heterocycles. The fourth-order valence-electron chi connectivity index (χ4n) is 2.53. The van der Waals surface area contributed by atoms with E-state index in [1.54, 1.807) is 30.3 Å². The first-order valence-corrected chi connectivity index (χ1v) is 7.29. The maximum atomic E-state index is 13.1. The Morgan fingerprint density at radius 1 is 1.12 bits per heavy atom. The number of aromatic carboxylic acids is 1. The molecular formula is C18H14FNO4. The largest absolute Gasteiger partial charge is 0.475 e. The average Bonchev–Trinajstić information content (AvgIpc) is 2.92. The van der Waals surface area contributed by atoms with Gasteiger partial charge in [0.25, 0.3) is 0 Å². The molecule has 0 fully saturated rings. The molecule has 0 unspecified atom stereocenters. The first-order valence-electron chi connectivity index (χ1n) is 7.29. The van der Waals surface area contributed by atoms with E-state index in [9.17, 15) is 19.1 Å². The minimum Gasteiger partial charge on any atom is -0.475 e. The Morgan fingerprint density at radius 3 is 2.67 bits per heavy atom. The van der Waals surface area contributed by atoms with Crippen molar-refractivity contribution in [1.29, 1.82) is 0 Å². The second-order valence-corrected chi connectivity index (χ2v) is 5.29. The van der Waals surface area contributed by atoms with Crippen molar-refractivity contribution < 1.29 is 23.5 Å². The molecule has 3 aromatic rings. The van der Waals surface area contributed by atoms with E-state index in [1.165, 1.54) is 18.2 Å². The van der Waals surface area contributed by atoms with Crippen LogP contribution in [0.25, 0.3) is 11.0 Å². The number of carboxylic acid groups (broad SMARTS) is 1. The van der Waals surface area contributed by atoms with Crippen LogP contribution in [0.15, 0.2) is 52.9 Å². The van der Waals surface area contributed by atoms with Gasteiger partial charge in [-0.15, -0.1) is 0 Å². The number of hydrogen-bond acceptors (Lipinski definition) is 3. The third-order valence-electron chi connectivity index (χ3n) is 3.61. The standard InChI is InChI=1S/C18H14FNO4/c19-12-5-3-4-11(8-12)9-16(21)20-10-14-13-6-1-2-7-15(13)24-17(14)18(22)23/h1-8H,9-10H2,(H,20,21)(H,22,23). The van der Waals surface area contributed by atoms with E-state index in [0.29, 0.717) is 22.1 Å². The molecule has 0 saturated heterocycles. The van der Waals surface area contributed by atoms with Crippen LogP contribution < -0.4 is 5.32 Å².